The number of carbonyl (C=O) groups excluding carboxylic acids is 2. The van der Waals surface area contributed by atoms with Crippen LogP contribution in [0, 0.1) is 5.92 Å². The van der Waals surface area contributed by atoms with Crippen LogP contribution in [-0.2, 0) is 16.1 Å². The standard InChI is InChI=1S/C27H26ClN5O8/c1-13-9-15(11-20(35)27(13)25(38)22-18(39-2)12-19(40-3)23(28)24(22)41-27)29-16-10-14(6-7-17(16)34)26-30-32-33(31-26)8-4-5-21(36)37/h6-7,10-13,29,34H,4-5,8-9H2,1-3H3,(H,36,37)/t13-,27+/m1/s1. The molecule has 13 nitrogen and oxygen atoms in total. The average Bonchev–Trinajstić information content (AvgIpc) is 3.53. The summed E-state index contributed by atoms with van der Waals surface area (Å²) in [6.45, 7) is 2.00. The minimum atomic E-state index is -1.83. The topological polar surface area (TPSA) is 175 Å². The molecule has 2 aliphatic rings. The zero-order valence-electron chi connectivity index (χ0n) is 22.3. The molecule has 3 aromatic rings. The molecule has 2 heterocycles. The van der Waals surface area contributed by atoms with Gasteiger partial charge in [0.05, 0.1) is 26.5 Å². The summed E-state index contributed by atoms with van der Waals surface area (Å²) >= 11 is 6.44. The van der Waals surface area contributed by atoms with Crippen molar-refractivity contribution in [1.82, 2.24) is 20.2 Å². The van der Waals surface area contributed by atoms with Gasteiger partial charge in [0.25, 0.3) is 0 Å². The van der Waals surface area contributed by atoms with Crippen molar-refractivity contribution in [3.63, 3.8) is 0 Å². The summed E-state index contributed by atoms with van der Waals surface area (Å²) in [6, 6.07) is 6.12. The van der Waals surface area contributed by atoms with Crippen LogP contribution >= 0.6 is 11.6 Å². The molecule has 0 radical (unpaired) electrons. The number of fused-ring (bicyclic) bond motifs is 1. The van der Waals surface area contributed by atoms with E-state index < -0.39 is 29.1 Å². The van der Waals surface area contributed by atoms with Gasteiger partial charge in [-0.3, -0.25) is 14.4 Å². The summed E-state index contributed by atoms with van der Waals surface area (Å²) in [5, 5.41) is 34.7. The molecule has 2 atom stereocenters. The fourth-order valence-electron chi connectivity index (χ4n) is 4.99. The zero-order chi connectivity index (χ0) is 29.5. The van der Waals surface area contributed by atoms with Crippen molar-refractivity contribution in [3.05, 3.63) is 46.6 Å². The Bertz CT molecular complexity index is 1600. The Morgan fingerprint density at radius 2 is 2.00 bits per heavy atom. The van der Waals surface area contributed by atoms with Gasteiger partial charge in [-0.2, -0.15) is 4.80 Å². The number of phenolic OH excluding ortho intramolecular Hbond substituents is 1. The van der Waals surface area contributed by atoms with E-state index in [0.29, 0.717) is 17.7 Å². The number of hydrogen-bond donors (Lipinski definition) is 3. The molecule has 1 aliphatic heterocycles. The molecule has 1 spiro atoms. The number of tetrazole rings is 1. The number of ether oxygens (including phenoxy) is 3. The molecule has 3 N–H and O–H groups in total. The van der Waals surface area contributed by atoms with E-state index in [0.717, 1.165) is 0 Å². The first kappa shape index (κ1) is 27.9. The van der Waals surface area contributed by atoms with Gasteiger partial charge in [0.15, 0.2) is 5.75 Å². The first-order chi connectivity index (χ1) is 19.6. The Morgan fingerprint density at radius 1 is 1.24 bits per heavy atom. The van der Waals surface area contributed by atoms with Crippen LogP contribution in [0.3, 0.4) is 0 Å². The van der Waals surface area contributed by atoms with Crippen LogP contribution in [0.4, 0.5) is 5.69 Å². The summed E-state index contributed by atoms with van der Waals surface area (Å²) < 4.78 is 16.7. The number of benzene rings is 2. The van der Waals surface area contributed by atoms with Gasteiger partial charge in [0.1, 0.15) is 27.8 Å². The molecule has 1 aliphatic carbocycles. The number of nitrogens with zero attached hydrogens (tertiary/aromatic N) is 4. The van der Waals surface area contributed by atoms with Crippen molar-refractivity contribution in [2.75, 3.05) is 19.5 Å². The van der Waals surface area contributed by atoms with E-state index in [1.807, 2.05) is 0 Å². The van der Waals surface area contributed by atoms with Crippen molar-refractivity contribution < 1.29 is 38.8 Å². The number of halogens is 1. The third-order valence-electron chi connectivity index (χ3n) is 7.06. The fraction of sp³-hybridized carbons (Fsp3) is 0.333. The predicted octanol–water partition coefficient (Wildman–Crippen LogP) is 3.50. The van der Waals surface area contributed by atoms with Gasteiger partial charge < -0.3 is 29.7 Å². The van der Waals surface area contributed by atoms with E-state index in [2.05, 4.69) is 20.7 Å². The summed E-state index contributed by atoms with van der Waals surface area (Å²) in [6.07, 6.45) is 1.84. The van der Waals surface area contributed by atoms with Crippen molar-refractivity contribution >= 4 is 34.8 Å². The van der Waals surface area contributed by atoms with Crippen LogP contribution in [0.5, 0.6) is 23.0 Å². The van der Waals surface area contributed by atoms with Crippen LogP contribution in [0.25, 0.3) is 11.4 Å². The van der Waals surface area contributed by atoms with Crippen molar-refractivity contribution in [3.8, 4) is 34.4 Å². The zero-order valence-corrected chi connectivity index (χ0v) is 23.1. The summed E-state index contributed by atoms with van der Waals surface area (Å²) in [5.41, 5.74) is -0.485. The number of nitrogens with one attached hydrogen (secondary N) is 1. The van der Waals surface area contributed by atoms with E-state index in [1.165, 1.54) is 37.2 Å². The molecule has 0 fully saturated rings. The van der Waals surface area contributed by atoms with Gasteiger partial charge in [-0.25, -0.2) is 0 Å². The quantitative estimate of drug-likeness (QED) is 0.247. The third kappa shape index (κ3) is 4.82. The maximum Gasteiger partial charge on any atom is 0.303 e. The number of carbonyl (C=O) groups is 3. The SMILES string of the molecule is COc1cc(OC)c2c(c1Cl)O[C@@]1(C(=O)C=C(Nc3cc(-c4nnn(CCCC(=O)O)n4)ccc3O)C[C@H]1C)C2=O. The molecule has 1 aromatic heterocycles. The highest BCUT2D eigenvalue weighted by Crippen LogP contribution is 2.53. The molecule has 0 bridgehead atoms. The van der Waals surface area contributed by atoms with Crippen LogP contribution in [0.15, 0.2) is 36.0 Å². The number of allylic oxidation sites excluding steroid dienone is 1. The second kappa shape index (κ2) is 10.7. The van der Waals surface area contributed by atoms with E-state index in [-0.39, 0.29) is 64.5 Å². The monoisotopic (exact) mass is 583 g/mol. The number of carboxylic acids is 1. The number of carboxylic acid groups (broad SMARTS) is 1. The highest BCUT2D eigenvalue weighted by Gasteiger charge is 2.60. The molecule has 0 saturated carbocycles. The number of hydrogen-bond acceptors (Lipinski definition) is 11. The Hall–Kier alpha value is -4.65. The van der Waals surface area contributed by atoms with Gasteiger partial charge in [-0.1, -0.05) is 18.5 Å². The lowest BCUT2D eigenvalue weighted by molar-refractivity contribution is -0.137. The molecule has 14 heteroatoms. The number of aliphatic carboxylic acids is 1. The number of aromatic nitrogens is 4. The Kier molecular flexibility index (Phi) is 7.30. The minimum Gasteiger partial charge on any atom is -0.506 e. The van der Waals surface area contributed by atoms with E-state index >= 15 is 0 Å². The second-order valence-electron chi connectivity index (χ2n) is 9.67. The summed E-state index contributed by atoms with van der Waals surface area (Å²) in [5.74, 6) is -2.02. The van der Waals surface area contributed by atoms with Crippen molar-refractivity contribution in [2.24, 2.45) is 5.92 Å². The van der Waals surface area contributed by atoms with E-state index in [1.54, 1.807) is 19.1 Å². The summed E-state index contributed by atoms with van der Waals surface area (Å²) in [7, 11) is 2.81. The first-order valence-electron chi connectivity index (χ1n) is 12.6. The van der Waals surface area contributed by atoms with Crippen LogP contribution < -0.4 is 19.5 Å². The average molecular weight is 584 g/mol. The molecule has 214 valence electrons. The lowest BCUT2D eigenvalue weighted by atomic mass is 9.74. The molecular formula is C27H26ClN5O8. The summed E-state index contributed by atoms with van der Waals surface area (Å²) in [4.78, 5) is 39.3. The van der Waals surface area contributed by atoms with Crippen molar-refractivity contribution in [1.29, 1.82) is 0 Å². The maximum atomic E-state index is 13.7. The predicted molar refractivity (Wildman–Crippen MR) is 145 cm³/mol. The molecular weight excluding hydrogens is 558 g/mol. The van der Waals surface area contributed by atoms with Crippen LogP contribution in [-0.4, -0.2) is 67.8 Å². The number of Topliss-reactive ketones (excluding diaryl/α,β-unsaturated/α-hetero) is 1. The van der Waals surface area contributed by atoms with Gasteiger partial charge in [0.2, 0.25) is 23.0 Å². The lowest BCUT2D eigenvalue weighted by Crippen LogP contribution is -2.55. The fourth-order valence-corrected chi connectivity index (χ4v) is 5.25. The second-order valence-corrected chi connectivity index (χ2v) is 10.0. The van der Waals surface area contributed by atoms with Gasteiger partial charge in [-0.05, 0) is 36.3 Å². The lowest BCUT2D eigenvalue weighted by Gasteiger charge is -2.35. The van der Waals surface area contributed by atoms with Crippen LogP contribution in [0.2, 0.25) is 5.02 Å². The third-order valence-corrected chi connectivity index (χ3v) is 7.42. The molecule has 41 heavy (non-hydrogen) atoms. The molecule has 0 saturated heterocycles. The number of aryl methyl sites for hydroxylation is 1. The Morgan fingerprint density at radius 3 is 2.68 bits per heavy atom. The number of methoxy groups -OCH3 is 2. The number of aromatic hydroxyl groups is 1. The number of phenols is 1. The number of anilines is 1. The highest BCUT2D eigenvalue weighted by atomic mass is 35.5. The van der Waals surface area contributed by atoms with E-state index in [9.17, 15) is 19.5 Å². The highest BCUT2D eigenvalue weighted by molar-refractivity contribution is 6.36. The van der Waals surface area contributed by atoms with Crippen molar-refractivity contribution in [2.45, 2.75) is 38.3 Å². The van der Waals surface area contributed by atoms with Gasteiger partial charge >= 0.3 is 5.97 Å². The number of ketones is 2. The molecule has 2 aromatic carbocycles. The van der Waals surface area contributed by atoms with Gasteiger partial charge in [0, 0.05) is 35.7 Å². The molecule has 0 unspecified atom stereocenters. The first-order valence-corrected chi connectivity index (χ1v) is 13.0. The molecule has 0 amide bonds. The van der Waals surface area contributed by atoms with Crippen LogP contribution in [0.1, 0.15) is 36.5 Å². The Balaban J connectivity index is 1.39. The largest absolute Gasteiger partial charge is 0.506 e. The Labute approximate surface area is 238 Å². The normalized spacial score (nSPS) is 19.5. The molecule has 5 rings (SSSR count). The minimum absolute atomic E-state index is 0.0187. The number of rotatable bonds is 9. The van der Waals surface area contributed by atoms with Gasteiger partial charge in [-0.15, -0.1) is 10.2 Å². The maximum absolute atomic E-state index is 13.7. The smallest absolute Gasteiger partial charge is 0.303 e. The van der Waals surface area contributed by atoms with E-state index in [4.69, 9.17) is 30.9 Å².